The van der Waals surface area contributed by atoms with Crippen LogP contribution < -0.4 is 5.48 Å². The summed E-state index contributed by atoms with van der Waals surface area (Å²) in [6, 6.07) is 7.25. The maximum Gasteiger partial charge on any atom is 0.143 e. The summed E-state index contributed by atoms with van der Waals surface area (Å²) < 4.78 is 0. The number of benzene rings is 1. The normalized spacial score (nSPS) is 12.3. The Morgan fingerprint density at radius 2 is 1.52 bits per heavy atom. The second-order valence-electron chi connectivity index (χ2n) is 6.37. The van der Waals surface area contributed by atoms with Crippen LogP contribution in [0.3, 0.4) is 0 Å². The van der Waals surface area contributed by atoms with Gasteiger partial charge in [-0.3, -0.25) is 0 Å². The summed E-state index contributed by atoms with van der Waals surface area (Å²) in [5.74, 6) is 0. The van der Waals surface area contributed by atoms with Gasteiger partial charge in [-0.2, -0.15) is 5.48 Å². The Balaban J connectivity index is 2.17. The van der Waals surface area contributed by atoms with Crippen molar-refractivity contribution in [3.8, 4) is 0 Å². The molecule has 0 aliphatic rings. The maximum absolute atomic E-state index is 11.0. The number of hydroxylamine groups is 1. The van der Waals surface area contributed by atoms with Crippen LogP contribution in [-0.4, -0.2) is 11.5 Å². The number of hydrogen-bond donors (Lipinski definition) is 2. The van der Waals surface area contributed by atoms with E-state index in [0.717, 1.165) is 30.3 Å². The van der Waals surface area contributed by atoms with Crippen LogP contribution in [0.15, 0.2) is 24.3 Å². The zero-order valence-corrected chi connectivity index (χ0v) is 14.6. The molecule has 1 unspecified atom stereocenters. The molecule has 1 aromatic rings. The fourth-order valence-corrected chi connectivity index (χ4v) is 3.04. The van der Waals surface area contributed by atoms with Gasteiger partial charge in [0.1, 0.15) is 12.3 Å². The summed E-state index contributed by atoms with van der Waals surface area (Å²) >= 11 is 0. The molecule has 0 radical (unpaired) electrons. The third-order valence-corrected chi connectivity index (χ3v) is 4.46. The van der Waals surface area contributed by atoms with Crippen molar-refractivity contribution in [3.05, 3.63) is 35.4 Å². The second-order valence-corrected chi connectivity index (χ2v) is 6.37. The molecule has 130 valence electrons. The van der Waals surface area contributed by atoms with E-state index in [4.69, 9.17) is 5.21 Å². The highest BCUT2D eigenvalue weighted by Crippen LogP contribution is 2.19. The quantitative estimate of drug-likeness (QED) is 0.275. The summed E-state index contributed by atoms with van der Waals surface area (Å²) in [7, 11) is 0. The third kappa shape index (κ3) is 8.29. The molecule has 0 aliphatic carbocycles. The zero-order chi connectivity index (χ0) is 16.8. The first kappa shape index (κ1) is 19.9. The largest absolute Gasteiger partial charge is 0.316 e. The van der Waals surface area contributed by atoms with Gasteiger partial charge in [0.05, 0.1) is 0 Å². The van der Waals surface area contributed by atoms with Crippen molar-refractivity contribution >= 4 is 6.29 Å². The third-order valence-electron chi connectivity index (χ3n) is 4.46. The summed E-state index contributed by atoms with van der Waals surface area (Å²) in [6.07, 6.45) is 15.0. The van der Waals surface area contributed by atoms with Crippen molar-refractivity contribution in [1.82, 2.24) is 5.48 Å². The Morgan fingerprint density at radius 1 is 0.957 bits per heavy atom. The van der Waals surface area contributed by atoms with Crippen LogP contribution in [-0.2, 0) is 11.2 Å². The highest BCUT2D eigenvalue weighted by atomic mass is 16.5. The van der Waals surface area contributed by atoms with Crippen LogP contribution in [0.4, 0.5) is 0 Å². The van der Waals surface area contributed by atoms with Gasteiger partial charge in [0, 0.05) is 0 Å². The average molecular weight is 319 g/mol. The fraction of sp³-hybridized carbons (Fsp3) is 0.650. The minimum Gasteiger partial charge on any atom is -0.316 e. The van der Waals surface area contributed by atoms with Crippen molar-refractivity contribution < 1.29 is 10.0 Å². The number of unbranched alkanes of at least 4 members (excludes halogenated alkanes) is 9. The van der Waals surface area contributed by atoms with Crippen molar-refractivity contribution in [2.75, 3.05) is 0 Å². The average Bonchev–Trinajstić information content (AvgIpc) is 2.59. The summed E-state index contributed by atoms with van der Waals surface area (Å²) in [6.45, 7) is 2.26. The van der Waals surface area contributed by atoms with Crippen LogP contribution in [0.2, 0.25) is 0 Å². The topological polar surface area (TPSA) is 49.3 Å². The van der Waals surface area contributed by atoms with Gasteiger partial charge in [0.2, 0.25) is 0 Å². The van der Waals surface area contributed by atoms with E-state index >= 15 is 0 Å². The minimum atomic E-state index is -0.616. The van der Waals surface area contributed by atoms with Gasteiger partial charge in [-0.1, -0.05) is 89.0 Å². The van der Waals surface area contributed by atoms with Crippen LogP contribution in [0.5, 0.6) is 0 Å². The molecule has 3 heteroatoms. The smallest absolute Gasteiger partial charge is 0.143 e. The van der Waals surface area contributed by atoms with E-state index in [2.05, 4.69) is 18.5 Å². The predicted octanol–water partition coefficient (Wildman–Crippen LogP) is 5.37. The highest BCUT2D eigenvalue weighted by Gasteiger charge is 2.12. The van der Waals surface area contributed by atoms with Gasteiger partial charge in [-0.05, 0) is 24.0 Å². The zero-order valence-electron chi connectivity index (χ0n) is 14.6. The number of hydrogen-bond acceptors (Lipinski definition) is 3. The van der Waals surface area contributed by atoms with Crippen LogP contribution >= 0.6 is 0 Å². The maximum atomic E-state index is 11.0. The van der Waals surface area contributed by atoms with Gasteiger partial charge in [-0.25, -0.2) is 0 Å². The van der Waals surface area contributed by atoms with Crippen molar-refractivity contribution in [2.24, 2.45) is 0 Å². The van der Waals surface area contributed by atoms with E-state index in [1.165, 1.54) is 57.8 Å². The van der Waals surface area contributed by atoms with E-state index in [1.54, 1.807) is 0 Å². The van der Waals surface area contributed by atoms with Crippen LogP contribution in [0, 0.1) is 0 Å². The Morgan fingerprint density at radius 3 is 2.09 bits per heavy atom. The summed E-state index contributed by atoms with van der Waals surface area (Å²) in [4.78, 5) is 11.0. The summed E-state index contributed by atoms with van der Waals surface area (Å²) in [5, 5.41) is 9.07. The Kier molecular flexibility index (Phi) is 11.5. The first-order valence-corrected chi connectivity index (χ1v) is 9.26. The van der Waals surface area contributed by atoms with Crippen LogP contribution in [0.25, 0.3) is 0 Å². The molecule has 0 saturated heterocycles. The molecule has 23 heavy (non-hydrogen) atoms. The fourth-order valence-electron chi connectivity index (χ4n) is 3.04. The molecule has 0 aliphatic heterocycles. The molecule has 0 fully saturated rings. The molecule has 0 aromatic heterocycles. The van der Waals surface area contributed by atoms with E-state index in [1.807, 2.05) is 18.2 Å². The Bertz CT molecular complexity index is 420. The first-order chi connectivity index (χ1) is 11.3. The second kappa shape index (κ2) is 13.3. The molecule has 0 bridgehead atoms. The molecule has 3 nitrogen and oxygen atoms in total. The molecule has 1 rings (SSSR count). The predicted molar refractivity (Wildman–Crippen MR) is 95.7 cm³/mol. The van der Waals surface area contributed by atoms with Gasteiger partial charge in [-0.15, -0.1) is 0 Å². The Labute approximate surface area is 141 Å². The van der Waals surface area contributed by atoms with E-state index in [0.29, 0.717) is 0 Å². The lowest BCUT2D eigenvalue weighted by Crippen LogP contribution is -2.19. The molecular formula is C20H33NO2. The SMILES string of the molecule is CCCCCCCCCCCCc1ccccc1C(C=O)NO. The van der Waals surface area contributed by atoms with Crippen molar-refractivity contribution in [2.45, 2.75) is 83.6 Å². The van der Waals surface area contributed by atoms with Gasteiger partial charge in [0.25, 0.3) is 0 Å². The van der Waals surface area contributed by atoms with Gasteiger partial charge in [0.15, 0.2) is 0 Å². The number of carbonyl (C=O) groups is 1. The minimum absolute atomic E-state index is 0.616. The molecule has 0 amide bonds. The van der Waals surface area contributed by atoms with Crippen LogP contribution in [0.1, 0.15) is 88.3 Å². The van der Waals surface area contributed by atoms with Gasteiger partial charge >= 0.3 is 0 Å². The number of carbonyl (C=O) groups excluding carboxylic acids is 1. The molecule has 2 N–H and O–H groups in total. The molecule has 0 heterocycles. The summed E-state index contributed by atoms with van der Waals surface area (Å²) in [5.41, 5.74) is 4.13. The first-order valence-electron chi connectivity index (χ1n) is 9.26. The Hall–Kier alpha value is -1.19. The molecule has 1 atom stereocenters. The van der Waals surface area contributed by atoms with E-state index in [9.17, 15) is 4.79 Å². The van der Waals surface area contributed by atoms with Crippen molar-refractivity contribution in [1.29, 1.82) is 0 Å². The molecule has 0 spiro atoms. The monoisotopic (exact) mass is 319 g/mol. The van der Waals surface area contributed by atoms with Gasteiger partial charge < -0.3 is 10.0 Å². The number of nitrogens with one attached hydrogen (secondary N) is 1. The van der Waals surface area contributed by atoms with E-state index in [-0.39, 0.29) is 0 Å². The molecular weight excluding hydrogens is 286 g/mol. The van der Waals surface area contributed by atoms with E-state index < -0.39 is 6.04 Å². The number of rotatable bonds is 14. The lowest BCUT2D eigenvalue weighted by atomic mass is 9.96. The molecule has 0 saturated carbocycles. The number of aryl methyl sites for hydroxylation is 1. The lowest BCUT2D eigenvalue weighted by Gasteiger charge is -2.13. The number of aldehydes is 1. The van der Waals surface area contributed by atoms with Crippen molar-refractivity contribution in [3.63, 3.8) is 0 Å². The standard InChI is InChI=1S/C20H33NO2/c1-2-3-4-5-6-7-8-9-10-11-14-18-15-12-13-16-19(18)20(17-22)21-23/h12-13,15-17,20-21,23H,2-11,14H2,1H3. The lowest BCUT2D eigenvalue weighted by molar-refractivity contribution is -0.112. The molecule has 1 aromatic carbocycles. The highest BCUT2D eigenvalue weighted by molar-refractivity contribution is 5.62.